The van der Waals surface area contributed by atoms with Gasteiger partial charge in [0.1, 0.15) is 0 Å². The summed E-state index contributed by atoms with van der Waals surface area (Å²) >= 11 is 0. The molecule has 4 nitrogen and oxygen atoms in total. The van der Waals surface area contributed by atoms with Crippen LogP contribution in [0.3, 0.4) is 0 Å². The summed E-state index contributed by atoms with van der Waals surface area (Å²) in [6.07, 6.45) is 0. The molecule has 0 fully saturated rings. The smallest absolute Gasteiger partial charge is 0.209 e. The minimum Gasteiger partial charge on any atom is -0.380 e. The van der Waals surface area contributed by atoms with Gasteiger partial charge in [0.2, 0.25) is 9.84 Å². The van der Waals surface area contributed by atoms with E-state index in [-0.39, 0.29) is 4.90 Å². The normalized spacial score (nSPS) is 15.3. The molecule has 19 heavy (non-hydrogen) atoms. The fourth-order valence-corrected chi connectivity index (χ4v) is 3.87. The molecule has 5 heteroatoms. The van der Waals surface area contributed by atoms with Gasteiger partial charge in [-0.2, -0.15) is 5.26 Å². The lowest BCUT2D eigenvalue weighted by Gasteiger charge is -2.07. The number of nitrogens with zero attached hydrogens (tertiary/aromatic N) is 1. The number of anilines is 1. The van der Waals surface area contributed by atoms with Crippen LogP contribution in [0, 0.1) is 11.3 Å². The first kappa shape index (κ1) is 11.8. The number of fused-ring (bicyclic) bond motifs is 2. The van der Waals surface area contributed by atoms with Crippen molar-refractivity contribution in [2.75, 3.05) is 5.32 Å². The molecule has 1 aliphatic heterocycles. The highest BCUT2D eigenvalue weighted by Gasteiger charge is 2.27. The van der Waals surface area contributed by atoms with Crippen LogP contribution in [0.4, 0.5) is 5.69 Å². The van der Waals surface area contributed by atoms with Gasteiger partial charge in [-0.25, -0.2) is 8.42 Å². The fraction of sp³-hybridized carbons (Fsp3) is 0.0714. The average Bonchev–Trinajstić information content (AvgIpc) is 2.55. The molecular weight excluding hydrogens is 260 g/mol. The molecule has 3 rings (SSSR count). The van der Waals surface area contributed by atoms with Gasteiger partial charge >= 0.3 is 0 Å². The predicted molar refractivity (Wildman–Crippen MR) is 70.4 cm³/mol. The zero-order chi connectivity index (χ0) is 13.5. The molecule has 2 aromatic rings. The number of hydrogen-bond acceptors (Lipinski definition) is 4. The Kier molecular flexibility index (Phi) is 2.54. The van der Waals surface area contributed by atoms with Crippen LogP contribution in [-0.4, -0.2) is 8.42 Å². The van der Waals surface area contributed by atoms with Crippen LogP contribution in [-0.2, 0) is 16.4 Å². The number of hydrogen-bond donors (Lipinski definition) is 1. The maximum absolute atomic E-state index is 12.6. The first-order valence-electron chi connectivity index (χ1n) is 5.74. The third-order valence-electron chi connectivity index (χ3n) is 3.13. The SMILES string of the molecule is N#Cc1ccc2c(c1)S(=O)(=O)c1ccccc1CN2. The standard InChI is InChI=1S/C14H10N2O2S/c15-8-10-5-6-12-14(7-10)19(17,18)13-4-2-1-3-11(13)9-16-12/h1-7,16H,9H2. The van der Waals surface area contributed by atoms with E-state index < -0.39 is 9.84 Å². The quantitative estimate of drug-likeness (QED) is 0.797. The highest BCUT2D eigenvalue weighted by Crippen LogP contribution is 2.33. The fourth-order valence-electron chi connectivity index (χ4n) is 2.18. The number of nitrogens with one attached hydrogen (secondary N) is 1. The monoisotopic (exact) mass is 270 g/mol. The largest absolute Gasteiger partial charge is 0.380 e. The molecule has 0 atom stereocenters. The molecule has 0 saturated carbocycles. The molecule has 0 amide bonds. The summed E-state index contributed by atoms with van der Waals surface area (Å²) < 4.78 is 25.3. The molecule has 2 aromatic carbocycles. The van der Waals surface area contributed by atoms with Crippen molar-refractivity contribution in [3.63, 3.8) is 0 Å². The molecule has 94 valence electrons. The van der Waals surface area contributed by atoms with E-state index in [0.29, 0.717) is 22.7 Å². The van der Waals surface area contributed by atoms with E-state index in [2.05, 4.69) is 5.32 Å². The van der Waals surface area contributed by atoms with E-state index in [0.717, 1.165) is 5.56 Å². The van der Waals surface area contributed by atoms with Gasteiger partial charge in [0.05, 0.1) is 27.1 Å². The van der Waals surface area contributed by atoms with Gasteiger partial charge < -0.3 is 5.32 Å². The van der Waals surface area contributed by atoms with E-state index in [1.54, 1.807) is 30.3 Å². The minimum absolute atomic E-state index is 0.163. The van der Waals surface area contributed by atoms with Crippen LogP contribution >= 0.6 is 0 Å². The van der Waals surface area contributed by atoms with Crippen LogP contribution in [0.2, 0.25) is 0 Å². The van der Waals surface area contributed by atoms with Crippen molar-refractivity contribution < 1.29 is 8.42 Å². The zero-order valence-electron chi connectivity index (χ0n) is 9.92. The summed E-state index contributed by atoms with van der Waals surface area (Å²) in [5.41, 5.74) is 1.61. The van der Waals surface area contributed by atoms with Crippen molar-refractivity contribution >= 4 is 15.5 Å². The third-order valence-corrected chi connectivity index (χ3v) is 5.03. The Labute approximate surface area is 111 Å². The Morgan fingerprint density at radius 2 is 1.89 bits per heavy atom. The van der Waals surface area contributed by atoms with Crippen LogP contribution in [0.25, 0.3) is 0 Å². The van der Waals surface area contributed by atoms with Gasteiger partial charge in [-0.05, 0) is 29.8 Å². The van der Waals surface area contributed by atoms with Crippen molar-refractivity contribution in [3.05, 3.63) is 53.6 Å². The second-order valence-electron chi connectivity index (χ2n) is 4.29. The Balaban J connectivity index is 2.34. The molecule has 0 spiro atoms. The molecule has 0 bridgehead atoms. The van der Waals surface area contributed by atoms with E-state index >= 15 is 0 Å². The van der Waals surface area contributed by atoms with Crippen molar-refractivity contribution in [1.82, 2.24) is 0 Å². The molecule has 0 unspecified atom stereocenters. The van der Waals surface area contributed by atoms with Crippen LogP contribution in [0.5, 0.6) is 0 Å². The number of benzene rings is 2. The van der Waals surface area contributed by atoms with Gasteiger partial charge in [0.25, 0.3) is 0 Å². The maximum atomic E-state index is 12.6. The van der Waals surface area contributed by atoms with Crippen molar-refractivity contribution in [3.8, 4) is 6.07 Å². The van der Waals surface area contributed by atoms with Crippen LogP contribution in [0.1, 0.15) is 11.1 Å². The first-order valence-corrected chi connectivity index (χ1v) is 7.22. The first-order chi connectivity index (χ1) is 9.13. The number of nitriles is 1. The lowest BCUT2D eigenvalue weighted by Crippen LogP contribution is -2.03. The van der Waals surface area contributed by atoms with Crippen LogP contribution < -0.4 is 5.32 Å². The second-order valence-corrected chi connectivity index (χ2v) is 6.17. The van der Waals surface area contributed by atoms with Crippen molar-refractivity contribution in [2.45, 2.75) is 16.3 Å². The maximum Gasteiger partial charge on any atom is 0.209 e. The van der Waals surface area contributed by atoms with E-state index in [1.807, 2.05) is 12.1 Å². The van der Waals surface area contributed by atoms with Gasteiger partial charge in [-0.1, -0.05) is 18.2 Å². The second kappa shape index (κ2) is 4.11. The third kappa shape index (κ3) is 1.77. The minimum atomic E-state index is -3.58. The van der Waals surface area contributed by atoms with Gasteiger partial charge in [-0.15, -0.1) is 0 Å². The van der Waals surface area contributed by atoms with Crippen molar-refractivity contribution in [1.29, 1.82) is 5.26 Å². The Morgan fingerprint density at radius 1 is 1.11 bits per heavy atom. The Hall–Kier alpha value is -2.32. The average molecular weight is 270 g/mol. The van der Waals surface area contributed by atoms with Gasteiger partial charge in [-0.3, -0.25) is 0 Å². The Morgan fingerprint density at radius 3 is 2.68 bits per heavy atom. The highest BCUT2D eigenvalue weighted by atomic mass is 32.2. The van der Waals surface area contributed by atoms with Gasteiger partial charge in [0, 0.05) is 6.54 Å². The lowest BCUT2D eigenvalue weighted by atomic mass is 10.2. The molecule has 0 radical (unpaired) electrons. The number of sulfone groups is 1. The molecule has 0 aliphatic carbocycles. The van der Waals surface area contributed by atoms with E-state index in [4.69, 9.17) is 5.26 Å². The summed E-state index contributed by atoms with van der Waals surface area (Å²) in [6, 6.07) is 13.5. The summed E-state index contributed by atoms with van der Waals surface area (Å²) in [6.45, 7) is 0.453. The Bertz CT molecular complexity index is 804. The highest BCUT2D eigenvalue weighted by molar-refractivity contribution is 7.91. The topological polar surface area (TPSA) is 70.0 Å². The zero-order valence-corrected chi connectivity index (χ0v) is 10.7. The lowest BCUT2D eigenvalue weighted by molar-refractivity contribution is 0.596. The summed E-state index contributed by atoms with van der Waals surface area (Å²) in [5.74, 6) is 0. The van der Waals surface area contributed by atoms with Crippen LogP contribution in [0.15, 0.2) is 52.3 Å². The molecule has 0 aromatic heterocycles. The van der Waals surface area contributed by atoms with Gasteiger partial charge in [0.15, 0.2) is 0 Å². The predicted octanol–water partition coefficient (Wildman–Crippen LogP) is 2.32. The summed E-state index contributed by atoms with van der Waals surface area (Å²) in [4.78, 5) is 0.466. The summed E-state index contributed by atoms with van der Waals surface area (Å²) in [7, 11) is -3.58. The molecule has 1 aliphatic rings. The molecule has 0 saturated heterocycles. The van der Waals surface area contributed by atoms with E-state index in [9.17, 15) is 8.42 Å². The molecule has 1 N–H and O–H groups in total. The number of rotatable bonds is 0. The van der Waals surface area contributed by atoms with E-state index in [1.165, 1.54) is 6.07 Å². The molecule has 1 heterocycles. The molecular formula is C14H10N2O2S. The summed E-state index contributed by atoms with van der Waals surface area (Å²) in [5, 5.41) is 12.0. The van der Waals surface area contributed by atoms with Crippen molar-refractivity contribution in [2.24, 2.45) is 0 Å².